The summed E-state index contributed by atoms with van der Waals surface area (Å²) in [6.07, 6.45) is 5.20. The molecule has 2 aromatic heterocycles. The van der Waals surface area contributed by atoms with Crippen molar-refractivity contribution in [1.82, 2.24) is 34.6 Å². The summed E-state index contributed by atoms with van der Waals surface area (Å²) in [6, 6.07) is 8.64. The number of fused-ring (bicyclic) bond motifs is 1. The minimum atomic E-state index is -0.361. The summed E-state index contributed by atoms with van der Waals surface area (Å²) in [4.78, 5) is 37.6. The number of hydrogen-bond donors (Lipinski definition) is 1. The zero-order chi connectivity index (χ0) is 28.8. The molecule has 2 aliphatic rings. The van der Waals surface area contributed by atoms with Crippen molar-refractivity contribution in [1.29, 1.82) is 0 Å². The molecule has 1 N–H and O–H groups in total. The number of halogens is 1. The van der Waals surface area contributed by atoms with Gasteiger partial charge in [0.15, 0.2) is 11.6 Å². The van der Waals surface area contributed by atoms with Crippen LogP contribution in [0.15, 0.2) is 48.7 Å². The van der Waals surface area contributed by atoms with E-state index in [4.69, 9.17) is 9.72 Å². The first kappa shape index (κ1) is 28.7. The number of carbonyl (C=O) groups is 2. The van der Waals surface area contributed by atoms with Gasteiger partial charge in [0, 0.05) is 64.6 Å². The van der Waals surface area contributed by atoms with Gasteiger partial charge in [0.25, 0.3) is 0 Å². The zero-order valence-electron chi connectivity index (χ0n) is 23.6. The van der Waals surface area contributed by atoms with Crippen LogP contribution in [0.4, 0.5) is 10.2 Å². The Labute approximate surface area is 239 Å². The number of amides is 2. The van der Waals surface area contributed by atoms with Crippen molar-refractivity contribution in [2.75, 3.05) is 84.6 Å². The molecule has 218 valence electrons. The molecule has 2 fully saturated rings. The Bertz CT molecular complexity index is 1390. The number of carbonyl (C=O) groups excluding carboxylic acids is 2. The van der Waals surface area contributed by atoms with E-state index in [1.165, 1.54) is 12.1 Å². The van der Waals surface area contributed by atoms with Gasteiger partial charge in [-0.25, -0.2) is 13.9 Å². The van der Waals surface area contributed by atoms with E-state index in [2.05, 4.69) is 26.3 Å². The molecule has 0 bridgehead atoms. The number of piperazine rings is 1. The summed E-state index contributed by atoms with van der Waals surface area (Å²) in [5.74, 6) is 0.394. The van der Waals surface area contributed by atoms with E-state index >= 15 is 0 Å². The smallest absolute Gasteiger partial charge is 0.244 e. The number of hydrogen-bond acceptors (Lipinski definition) is 8. The van der Waals surface area contributed by atoms with Gasteiger partial charge in [0.05, 0.1) is 25.3 Å². The standard InChI is InChI=1S/C29H37FN8O3/c1-34(2)9-5-8-26(39)31-19-27(40)36-12-10-35(11-13-36)20-22-18-25-29(37-14-16-41-17-15-37)32-28(33-38(25)21-22)23-6-3-4-7-24(23)30/h3-8,18,21H,9-17,19-20H2,1-2H3,(H,31,39)/b8-5+. The number of ether oxygens (including phenoxy) is 1. The summed E-state index contributed by atoms with van der Waals surface area (Å²) >= 11 is 0. The Morgan fingerprint density at radius 1 is 1.10 bits per heavy atom. The minimum absolute atomic E-state index is 0.0106. The molecular formula is C29H37FN8O3. The van der Waals surface area contributed by atoms with E-state index in [1.807, 2.05) is 25.2 Å². The minimum Gasteiger partial charge on any atom is -0.378 e. The largest absolute Gasteiger partial charge is 0.378 e. The molecule has 11 nitrogen and oxygen atoms in total. The molecule has 5 rings (SSSR count). The van der Waals surface area contributed by atoms with E-state index in [0.29, 0.717) is 63.9 Å². The normalized spacial score (nSPS) is 16.7. The second-order valence-corrected chi connectivity index (χ2v) is 10.6. The molecule has 0 atom stereocenters. The lowest BCUT2D eigenvalue weighted by Gasteiger charge is -2.34. The van der Waals surface area contributed by atoms with Gasteiger partial charge in [0.1, 0.15) is 11.3 Å². The molecule has 0 spiro atoms. The summed E-state index contributed by atoms with van der Waals surface area (Å²) in [6.45, 7) is 6.59. The van der Waals surface area contributed by atoms with Crippen LogP contribution in [-0.4, -0.2) is 121 Å². The third kappa shape index (κ3) is 7.26. The highest BCUT2D eigenvalue weighted by molar-refractivity contribution is 5.91. The van der Waals surface area contributed by atoms with Crippen LogP contribution < -0.4 is 10.2 Å². The molecule has 1 aromatic carbocycles. The second kappa shape index (κ2) is 13.2. The van der Waals surface area contributed by atoms with Crippen molar-refractivity contribution >= 4 is 23.1 Å². The Balaban J connectivity index is 1.23. The molecule has 2 aliphatic heterocycles. The average molecular weight is 565 g/mol. The number of nitrogens with one attached hydrogen (secondary N) is 1. The first-order valence-corrected chi connectivity index (χ1v) is 13.9. The third-order valence-corrected chi connectivity index (χ3v) is 7.21. The molecular weight excluding hydrogens is 527 g/mol. The van der Waals surface area contributed by atoms with Gasteiger partial charge < -0.3 is 24.8 Å². The molecule has 2 saturated heterocycles. The summed E-state index contributed by atoms with van der Waals surface area (Å²) in [5, 5.41) is 7.34. The van der Waals surface area contributed by atoms with E-state index < -0.39 is 0 Å². The van der Waals surface area contributed by atoms with Crippen molar-refractivity contribution in [2.24, 2.45) is 0 Å². The van der Waals surface area contributed by atoms with Crippen molar-refractivity contribution < 1.29 is 18.7 Å². The Morgan fingerprint density at radius 2 is 1.85 bits per heavy atom. The van der Waals surface area contributed by atoms with Gasteiger partial charge in [0.2, 0.25) is 11.8 Å². The fraction of sp³-hybridized carbons (Fsp3) is 0.448. The maximum atomic E-state index is 14.6. The van der Waals surface area contributed by atoms with Crippen LogP contribution in [0, 0.1) is 5.82 Å². The fourth-order valence-corrected chi connectivity index (χ4v) is 5.01. The quantitative estimate of drug-likeness (QED) is 0.388. The highest BCUT2D eigenvalue weighted by Crippen LogP contribution is 2.27. The van der Waals surface area contributed by atoms with Crippen molar-refractivity contribution in [3.8, 4) is 11.4 Å². The lowest BCUT2D eigenvalue weighted by atomic mass is 10.2. The monoisotopic (exact) mass is 564 g/mol. The van der Waals surface area contributed by atoms with Crippen LogP contribution in [-0.2, 0) is 20.9 Å². The predicted octanol–water partition coefficient (Wildman–Crippen LogP) is 1.25. The number of aromatic nitrogens is 3. The second-order valence-electron chi connectivity index (χ2n) is 10.6. The van der Waals surface area contributed by atoms with Crippen LogP contribution in [0.1, 0.15) is 5.56 Å². The highest BCUT2D eigenvalue weighted by Gasteiger charge is 2.24. The molecule has 4 heterocycles. The summed E-state index contributed by atoms with van der Waals surface area (Å²) in [5.41, 5.74) is 2.29. The third-order valence-electron chi connectivity index (χ3n) is 7.21. The van der Waals surface area contributed by atoms with Crippen molar-refractivity contribution in [3.63, 3.8) is 0 Å². The number of likely N-dealkylation sites (N-methyl/N-ethyl adjacent to an activating group) is 1. The van der Waals surface area contributed by atoms with Crippen molar-refractivity contribution in [2.45, 2.75) is 6.54 Å². The molecule has 41 heavy (non-hydrogen) atoms. The SMILES string of the molecule is CN(C)C/C=C/C(=O)NCC(=O)N1CCN(Cc2cc3c(N4CCOCC4)nc(-c4ccccc4F)nn3c2)CC1. The van der Waals surface area contributed by atoms with Crippen LogP contribution in [0.3, 0.4) is 0 Å². The van der Waals surface area contributed by atoms with Gasteiger partial charge in [-0.05, 0) is 37.9 Å². The van der Waals surface area contributed by atoms with E-state index in [-0.39, 0.29) is 24.2 Å². The predicted molar refractivity (Wildman–Crippen MR) is 154 cm³/mol. The first-order chi connectivity index (χ1) is 19.9. The number of anilines is 1. The number of nitrogens with zero attached hydrogens (tertiary/aromatic N) is 7. The molecule has 3 aromatic rings. The number of benzene rings is 1. The topological polar surface area (TPSA) is 98.6 Å². The molecule has 2 amide bonds. The lowest BCUT2D eigenvalue weighted by molar-refractivity contribution is -0.133. The molecule has 0 unspecified atom stereocenters. The van der Waals surface area contributed by atoms with Crippen LogP contribution >= 0.6 is 0 Å². The van der Waals surface area contributed by atoms with E-state index in [0.717, 1.165) is 30.0 Å². The van der Waals surface area contributed by atoms with Gasteiger partial charge in [-0.2, -0.15) is 0 Å². The van der Waals surface area contributed by atoms with Gasteiger partial charge in [-0.3, -0.25) is 14.5 Å². The maximum Gasteiger partial charge on any atom is 0.244 e. The van der Waals surface area contributed by atoms with Gasteiger partial charge in [-0.15, -0.1) is 5.10 Å². The Hall–Kier alpha value is -3.87. The van der Waals surface area contributed by atoms with E-state index in [1.54, 1.807) is 33.7 Å². The van der Waals surface area contributed by atoms with Crippen LogP contribution in [0.25, 0.3) is 16.9 Å². The number of rotatable bonds is 9. The van der Waals surface area contributed by atoms with Gasteiger partial charge in [-0.1, -0.05) is 18.2 Å². The Kier molecular flexibility index (Phi) is 9.22. The molecule has 0 aliphatic carbocycles. The fourth-order valence-electron chi connectivity index (χ4n) is 5.01. The lowest BCUT2D eigenvalue weighted by Crippen LogP contribution is -2.50. The molecule has 12 heteroatoms. The Morgan fingerprint density at radius 3 is 2.59 bits per heavy atom. The first-order valence-electron chi connectivity index (χ1n) is 13.9. The number of morpholine rings is 1. The maximum absolute atomic E-state index is 14.6. The summed E-state index contributed by atoms with van der Waals surface area (Å²) in [7, 11) is 3.84. The molecule has 0 saturated carbocycles. The average Bonchev–Trinajstić information content (AvgIpc) is 3.38. The summed E-state index contributed by atoms with van der Waals surface area (Å²) < 4.78 is 22.0. The molecule has 0 radical (unpaired) electrons. The van der Waals surface area contributed by atoms with Crippen molar-refractivity contribution in [3.05, 3.63) is 60.1 Å². The van der Waals surface area contributed by atoms with Crippen LogP contribution in [0.5, 0.6) is 0 Å². The highest BCUT2D eigenvalue weighted by atomic mass is 19.1. The zero-order valence-corrected chi connectivity index (χ0v) is 23.6. The van der Waals surface area contributed by atoms with Crippen LogP contribution in [0.2, 0.25) is 0 Å². The van der Waals surface area contributed by atoms with Gasteiger partial charge >= 0.3 is 0 Å². The van der Waals surface area contributed by atoms with E-state index in [9.17, 15) is 14.0 Å².